The zero-order chi connectivity index (χ0) is 18.8. The van der Waals surface area contributed by atoms with Gasteiger partial charge in [-0.2, -0.15) is 0 Å². The summed E-state index contributed by atoms with van der Waals surface area (Å²) in [6, 6.07) is 13.6. The van der Waals surface area contributed by atoms with Crippen molar-refractivity contribution in [1.29, 1.82) is 0 Å². The molecule has 0 atom stereocenters. The summed E-state index contributed by atoms with van der Waals surface area (Å²) < 4.78 is 14.6. The van der Waals surface area contributed by atoms with Crippen molar-refractivity contribution in [3.8, 4) is 28.0 Å². The number of amidine groups is 1. The monoisotopic (exact) mass is 390 g/mol. The lowest BCUT2D eigenvalue weighted by molar-refractivity contribution is 0.318. The third-order valence-electron chi connectivity index (χ3n) is 3.86. The van der Waals surface area contributed by atoms with Gasteiger partial charge in [0.2, 0.25) is 0 Å². The number of oxime groups is 1. The number of phenolic OH excluding ortho intramolecular Hbond substituents is 1. The van der Waals surface area contributed by atoms with Crippen LogP contribution in [0, 0.1) is 5.82 Å². The fraction of sp³-hybridized carbons (Fsp3) is 0. The lowest BCUT2D eigenvalue weighted by Crippen LogP contribution is -2.15. The maximum atomic E-state index is 14.6. The van der Waals surface area contributed by atoms with E-state index in [0.29, 0.717) is 26.7 Å². The normalized spacial score (nSPS) is 11.6. The highest BCUT2D eigenvalue weighted by Gasteiger charge is 2.20. The van der Waals surface area contributed by atoms with Gasteiger partial charge in [-0.05, 0) is 53.6 Å². The summed E-state index contributed by atoms with van der Waals surface area (Å²) in [5.41, 5.74) is 7.81. The summed E-state index contributed by atoms with van der Waals surface area (Å²) in [5.74, 6) is -0.659. The van der Waals surface area contributed by atoms with Gasteiger partial charge in [0.15, 0.2) is 5.84 Å². The second-order valence-electron chi connectivity index (χ2n) is 5.53. The molecule has 4 nitrogen and oxygen atoms in total. The van der Waals surface area contributed by atoms with Crippen LogP contribution in [0.25, 0.3) is 22.3 Å². The number of phenols is 1. The van der Waals surface area contributed by atoms with Gasteiger partial charge in [-0.3, -0.25) is 0 Å². The minimum Gasteiger partial charge on any atom is -0.508 e. The molecule has 0 unspecified atom stereocenters. The van der Waals surface area contributed by atoms with Crippen LogP contribution in [-0.2, 0) is 0 Å². The molecule has 0 fully saturated rings. The summed E-state index contributed by atoms with van der Waals surface area (Å²) in [6.45, 7) is 0. The SMILES string of the molecule is N/C(=N\O)c1cc(Cl)cc(-c2ccc(O)cc2)c1-c1cc(Cl)ccc1F. The van der Waals surface area contributed by atoms with Crippen molar-refractivity contribution < 1.29 is 14.7 Å². The Bertz CT molecular complexity index is 1010. The average Bonchev–Trinajstić information content (AvgIpc) is 2.63. The van der Waals surface area contributed by atoms with Gasteiger partial charge in [0, 0.05) is 26.7 Å². The molecule has 0 spiro atoms. The molecule has 0 amide bonds. The molecule has 3 rings (SSSR count). The highest BCUT2D eigenvalue weighted by atomic mass is 35.5. The number of hydrogen-bond acceptors (Lipinski definition) is 3. The van der Waals surface area contributed by atoms with E-state index in [2.05, 4.69) is 5.16 Å². The largest absolute Gasteiger partial charge is 0.508 e. The molecule has 0 heterocycles. The zero-order valence-corrected chi connectivity index (χ0v) is 14.8. The Morgan fingerprint density at radius 3 is 2.23 bits per heavy atom. The van der Waals surface area contributed by atoms with Gasteiger partial charge in [0.1, 0.15) is 11.6 Å². The topological polar surface area (TPSA) is 78.8 Å². The van der Waals surface area contributed by atoms with E-state index in [-0.39, 0.29) is 22.7 Å². The van der Waals surface area contributed by atoms with E-state index < -0.39 is 5.82 Å². The Balaban J connectivity index is 2.42. The van der Waals surface area contributed by atoms with E-state index in [0.717, 1.165) is 0 Å². The van der Waals surface area contributed by atoms with Crippen LogP contribution in [0.1, 0.15) is 5.56 Å². The van der Waals surface area contributed by atoms with E-state index in [9.17, 15) is 9.50 Å². The highest BCUT2D eigenvalue weighted by Crippen LogP contribution is 2.39. The van der Waals surface area contributed by atoms with E-state index in [1.807, 2.05) is 0 Å². The number of rotatable bonds is 3. The summed E-state index contributed by atoms with van der Waals surface area (Å²) in [6.07, 6.45) is 0. The first-order chi connectivity index (χ1) is 12.4. The Morgan fingerprint density at radius 1 is 0.923 bits per heavy atom. The predicted octanol–water partition coefficient (Wildman–Crippen LogP) is 5.27. The van der Waals surface area contributed by atoms with Crippen molar-refractivity contribution in [3.05, 3.63) is 76.0 Å². The minimum atomic E-state index is -0.524. The molecule has 3 aromatic rings. The molecule has 0 radical (unpaired) electrons. The minimum absolute atomic E-state index is 0.0860. The van der Waals surface area contributed by atoms with Crippen LogP contribution in [0.2, 0.25) is 10.0 Å². The molecule has 0 saturated carbocycles. The van der Waals surface area contributed by atoms with Crippen LogP contribution in [0.4, 0.5) is 4.39 Å². The molecule has 26 heavy (non-hydrogen) atoms. The van der Waals surface area contributed by atoms with Crippen molar-refractivity contribution in [2.75, 3.05) is 0 Å². The second-order valence-corrected chi connectivity index (χ2v) is 6.41. The van der Waals surface area contributed by atoms with Crippen molar-refractivity contribution in [2.45, 2.75) is 0 Å². The first-order valence-electron chi connectivity index (χ1n) is 7.47. The van der Waals surface area contributed by atoms with Crippen LogP contribution in [0.3, 0.4) is 0 Å². The summed E-state index contributed by atoms with van der Waals surface area (Å²) in [5, 5.41) is 22.3. The van der Waals surface area contributed by atoms with Crippen LogP contribution in [0.15, 0.2) is 59.8 Å². The van der Waals surface area contributed by atoms with E-state index in [1.165, 1.54) is 36.4 Å². The third kappa shape index (κ3) is 3.45. The predicted molar refractivity (Wildman–Crippen MR) is 101 cm³/mol. The first-order valence-corrected chi connectivity index (χ1v) is 8.22. The molecule has 0 aliphatic carbocycles. The zero-order valence-electron chi connectivity index (χ0n) is 13.2. The molecule has 0 aliphatic heterocycles. The van der Waals surface area contributed by atoms with Crippen LogP contribution in [-0.4, -0.2) is 16.1 Å². The number of nitrogens with zero attached hydrogens (tertiary/aromatic N) is 1. The van der Waals surface area contributed by atoms with Crippen molar-refractivity contribution >= 4 is 29.0 Å². The average molecular weight is 391 g/mol. The smallest absolute Gasteiger partial charge is 0.170 e. The lowest BCUT2D eigenvalue weighted by atomic mass is 9.89. The van der Waals surface area contributed by atoms with Crippen LogP contribution < -0.4 is 5.73 Å². The van der Waals surface area contributed by atoms with Crippen LogP contribution in [0.5, 0.6) is 5.75 Å². The van der Waals surface area contributed by atoms with Crippen molar-refractivity contribution in [3.63, 3.8) is 0 Å². The molecule has 7 heteroatoms. The first kappa shape index (κ1) is 18.0. The number of benzene rings is 3. The molecule has 4 N–H and O–H groups in total. The maximum absolute atomic E-state index is 14.6. The quantitative estimate of drug-likeness (QED) is 0.246. The van der Waals surface area contributed by atoms with E-state index in [4.69, 9.17) is 34.1 Å². The van der Waals surface area contributed by atoms with Crippen LogP contribution >= 0.6 is 23.2 Å². The fourth-order valence-electron chi connectivity index (χ4n) is 2.71. The molecular formula is C19H13Cl2FN2O2. The third-order valence-corrected chi connectivity index (χ3v) is 4.32. The van der Waals surface area contributed by atoms with Gasteiger partial charge in [-0.25, -0.2) is 4.39 Å². The Kier molecular flexibility index (Phi) is 5.02. The van der Waals surface area contributed by atoms with Gasteiger partial charge in [0.25, 0.3) is 0 Å². The van der Waals surface area contributed by atoms with Gasteiger partial charge in [-0.15, -0.1) is 0 Å². The molecule has 0 saturated heterocycles. The van der Waals surface area contributed by atoms with E-state index >= 15 is 0 Å². The second kappa shape index (κ2) is 7.23. The number of aromatic hydroxyl groups is 1. The Labute approximate surface area is 158 Å². The molecular weight excluding hydrogens is 378 g/mol. The standard InChI is InChI=1S/C19H13Cl2FN2O2/c20-11-3-6-17(22)15(7-11)18-14(10-1-4-13(25)5-2-10)8-12(21)9-16(18)19(23)24-26/h1-9,25-26H,(H2,23,24). The fourth-order valence-corrected chi connectivity index (χ4v) is 3.10. The Morgan fingerprint density at radius 2 is 1.58 bits per heavy atom. The van der Waals surface area contributed by atoms with Gasteiger partial charge < -0.3 is 16.0 Å². The molecule has 0 aliphatic rings. The Hall–Kier alpha value is -2.76. The summed E-state index contributed by atoms with van der Waals surface area (Å²) in [7, 11) is 0. The van der Waals surface area contributed by atoms with Gasteiger partial charge >= 0.3 is 0 Å². The molecule has 3 aromatic carbocycles. The van der Waals surface area contributed by atoms with Gasteiger partial charge in [-0.1, -0.05) is 40.5 Å². The molecule has 0 bridgehead atoms. The summed E-state index contributed by atoms with van der Waals surface area (Å²) >= 11 is 12.2. The van der Waals surface area contributed by atoms with Crippen molar-refractivity contribution in [1.82, 2.24) is 0 Å². The number of hydrogen-bond donors (Lipinski definition) is 3. The number of nitrogens with two attached hydrogens (primary N) is 1. The van der Waals surface area contributed by atoms with E-state index in [1.54, 1.807) is 18.2 Å². The highest BCUT2D eigenvalue weighted by molar-refractivity contribution is 6.32. The molecule has 132 valence electrons. The van der Waals surface area contributed by atoms with Crippen molar-refractivity contribution in [2.24, 2.45) is 10.9 Å². The summed E-state index contributed by atoms with van der Waals surface area (Å²) in [4.78, 5) is 0. The number of halogens is 3. The van der Waals surface area contributed by atoms with Gasteiger partial charge in [0.05, 0.1) is 0 Å². The molecule has 0 aromatic heterocycles. The lowest BCUT2D eigenvalue weighted by Gasteiger charge is -2.17. The maximum Gasteiger partial charge on any atom is 0.170 e.